The minimum atomic E-state index is -5.08. The average Bonchev–Trinajstić information content (AvgIpc) is 3.06. The van der Waals surface area contributed by atoms with Gasteiger partial charge in [-0.15, -0.1) is 0 Å². The van der Waals surface area contributed by atoms with Gasteiger partial charge in [-0.3, -0.25) is 0 Å². The molecule has 0 amide bonds. The molecule has 9 heteroatoms. The Hall–Kier alpha value is -2.42. The third-order valence-corrected chi connectivity index (χ3v) is 3.54. The monoisotopic (exact) mass is 360 g/mol. The zero-order valence-electron chi connectivity index (χ0n) is 13.0. The molecule has 1 aliphatic heterocycles. The van der Waals surface area contributed by atoms with E-state index in [9.17, 15) is 17.6 Å². The molecule has 2 heterocycles. The fraction of sp³-hybridized carbons (Fsp3) is 0.375. The lowest BCUT2D eigenvalue weighted by molar-refractivity contribution is -0.192. The molecule has 1 saturated heterocycles. The van der Waals surface area contributed by atoms with Crippen LogP contribution in [-0.2, 0) is 4.79 Å². The molecule has 1 aliphatic rings. The number of halogens is 4. The third kappa shape index (κ3) is 5.56. The first-order valence-electron chi connectivity index (χ1n) is 7.50. The molecule has 1 aromatic carbocycles. The Bertz CT molecular complexity index is 692. The molecule has 136 valence electrons. The molecule has 1 atom stereocenters. The summed E-state index contributed by atoms with van der Waals surface area (Å²) in [4.78, 5) is 13.2. The van der Waals surface area contributed by atoms with Gasteiger partial charge in [0, 0.05) is 18.0 Å². The van der Waals surface area contributed by atoms with Crippen molar-refractivity contribution in [3.05, 3.63) is 42.2 Å². The maximum absolute atomic E-state index is 12.8. The van der Waals surface area contributed by atoms with Crippen LogP contribution in [0.15, 0.2) is 34.9 Å². The van der Waals surface area contributed by atoms with Crippen LogP contribution in [0.25, 0.3) is 11.3 Å². The highest BCUT2D eigenvalue weighted by Crippen LogP contribution is 2.27. The van der Waals surface area contributed by atoms with Crippen LogP contribution < -0.4 is 5.32 Å². The highest BCUT2D eigenvalue weighted by Gasteiger charge is 2.38. The molecule has 0 saturated carbocycles. The summed E-state index contributed by atoms with van der Waals surface area (Å²) in [5.41, 5.74) is 0.860. The second-order valence-electron chi connectivity index (χ2n) is 5.42. The number of oxazole rings is 1. The maximum atomic E-state index is 12.8. The molecule has 1 aromatic heterocycles. The number of hydrogen-bond donors (Lipinski definition) is 2. The van der Waals surface area contributed by atoms with Crippen molar-refractivity contribution in [1.82, 2.24) is 10.3 Å². The first kappa shape index (κ1) is 18.9. The van der Waals surface area contributed by atoms with Gasteiger partial charge in [0.25, 0.3) is 0 Å². The van der Waals surface area contributed by atoms with Gasteiger partial charge in [0.05, 0.1) is 6.20 Å². The number of benzene rings is 1. The van der Waals surface area contributed by atoms with E-state index in [-0.39, 0.29) is 5.82 Å². The molecule has 5 nitrogen and oxygen atoms in total. The van der Waals surface area contributed by atoms with Gasteiger partial charge in [-0.2, -0.15) is 13.2 Å². The smallest absolute Gasteiger partial charge is 0.475 e. The Labute approximate surface area is 140 Å². The first-order valence-corrected chi connectivity index (χ1v) is 7.50. The quantitative estimate of drug-likeness (QED) is 0.801. The molecule has 25 heavy (non-hydrogen) atoms. The van der Waals surface area contributed by atoms with Crippen LogP contribution in [0.3, 0.4) is 0 Å². The van der Waals surface area contributed by atoms with E-state index >= 15 is 0 Å². The number of carboxylic acids is 1. The Morgan fingerprint density at radius 3 is 2.44 bits per heavy atom. The van der Waals surface area contributed by atoms with Gasteiger partial charge in [-0.1, -0.05) is 0 Å². The number of nitrogens with zero attached hydrogens (tertiary/aromatic N) is 1. The normalized spacial score (nSPS) is 17.5. The zero-order valence-corrected chi connectivity index (χ0v) is 13.0. The number of aromatic nitrogens is 1. The molecule has 0 bridgehead atoms. The Morgan fingerprint density at radius 1 is 1.28 bits per heavy atom. The van der Waals surface area contributed by atoms with Gasteiger partial charge >= 0.3 is 12.1 Å². The number of carboxylic acid groups (broad SMARTS) is 1. The molecular weight excluding hydrogens is 344 g/mol. The van der Waals surface area contributed by atoms with E-state index in [1.165, 1.54) is 12.1 Å². The molecule has 1 unspecified atom stereocenters. The zero-order chi connectivity index (χ0) is 18.4. The fourth-order valence-electron chi connectivity index (χ4n) is 2.29. The lowest BCUT2D eigenvalue weighted by Crippen LogP contribution is -2.28. The van der Waals surface area contributed by atoms with E-state index in [0.29, 0.717) is 11.7 Å². The summed E-state index contributed by atoms with van der Waals surface area (Å²) in [6.07, 6.45) is -1.10. The van der Waals surface area contributed by atoms with E-state index in [4.69, 9.17) is 14.3 Å². The molecule has 0 radical (unpaired) electrons. The summed E-state index contributed by atoms with van der Waals surface area (Å²) < 4.78 is 50.4. The summed E-state index contributed by atoms with van der Waals surface area (Å²) in [5, 5.41) is 10.5. The minimum Gasteiger partial charge on any atom is -0.475 e. The third-order valence-electron chi connectivity index (χ3n) is 3.54. The summed E-state index contributed by atoms with van der Waals surface area (Å²) in [6, 6.07) is 6.27. The van der Waals surface area contributed by atoms with Crippen molar-refractivity contribution in [2.75, 3.05) is 13.1 Å². The van der Waals surface area contributed by atoms with Crippen molar-refractivity contribution >= 4 is 5.97 Å². The van der Waals surface area contributed by atoms with Crippen LogP contribution in [0.4, 0.5) is 17.6 Å². The Morgan fingerprint density at radius 2 is 1.92 bits per heavy atom. The van der Waals surface area contributed by atoms with Gasteiger partial charge in [0.15, 0.2) is 11.7 Å². The number of aliphatic carboxylic acids is 1. The lowest BCUT2D eigenvalue weighted by atomic mass is 10.00. The summed E-state index contributed by atoms with van der Waals surface area (Å²) in [6.45, 7) is 1.99. The Balaban J connectivity index is 0.000000277. The van der Waals surface area contributed by atoms with Crippen molar-refractivity contribution in [3.8, 4) is 11.3 Å². The van der Waals surface area contributed by atoms with Gasteiger partial charge in [-0.05, 0) is 43.7 Å². The lowest BCUT2D eigenvalue weighted by Gasteiger charge is -2.19. The predicted octanol–water partition coefficient (Wildman–Crippen LogP) is 3.58. The summed E-state index contributed by atoms with van der Waals surface area (Å²) in [5.74, 6) is -1.16. The average molecular weight is 360 g/mol. The van der Waals surface area contributed by atoms with Gasteiger partial charge in [0.2, 0.25) is 0 Å². The van der Waals surface area contributed by atoms with Gasteiger partial charge < -0.3 is 14.8 Å². The molecule has 3 rings (SSSR count). The van der Waals surface area contributed by atoms with Crippen molar-refractivity contribution in [2.24, 2.45) is 0 Å². The summed E-state index contributed by atoms with van der Waals surface area (Å²) in [7, 11) is 0. The maximum Gasteiger partial charge on any atom is 0.490 e. The number of hydrogen-bond acceptors (Lipinski definition) is 4. The first-order chi connectivity index (χ1) is 11.8. The molecule has 2 N–H and O–H groups in total. The molecule has 0 spiro atoms. The number of carbonyl (C=O) groups is 1. The van der Waals surface area contributed by atoms with Crippen LogP contribution >= 0.6 is 0 Å². The molecule has 0 aliphatic carbocycles. The fourth-order valence-corrected chi connectivity index (χ4v) is 2.29. The van der Waals surface area contributed by atoms with Crippen molar-refractivity contribution in [3.63, 3.8) is 0 Å². The highest BCUT2D eigenvalue weighted by molar-refractivity contribution is 5.73. The van der Waals surface area contributed by atoms with E-state index in [1.807, 2.05) is 0 Å². The number of piperidine rings is 1. The minimum absolute atomic E-state index is 0.241. The van der Waals surface area contributed by atoms with Crippen LogP contribution in [-0.4, -0.2) is 35.3 Å². The summed E-state index contributed by atoms with van der Waals surface area (Å²) >= 11 is 0. The van der Waals surface area contributed by atoms with E-state index in [1.54, 1.807) is 18.3 Å². The topological polar surface area (TPSA) is 75.4 Å². The Kier molecular flexibility index (Phi) is 6.13. The van der Waals surface area contributed by atoms with Crippen LogP contribution in [0.2, 0.25) is 0 Å². The van der Waals surface area contributed by atoms with E-state index in [0.717, 1.165) is 37.4 Å². The van der Waals surface area contributed by atoms with E-state index < -0.39 is 12.1 Å². The second kappa shape index (κ2) is 8.11. The molecule has 2 aromatic rings. The van der Waals surface area contributed by atoms with E-state index in [2.05, 4.69) is 10.3 Å². The van der Waals surface area contributed by atoms with Gasteiger partial charge in [-0.25, -0.2) is 14.2 Å². The van der Waals surface area contributed by atoms with Crippen LogP contribution in [0.5, 0.6) is 0 Å². The number of rotatable bonds is 2. The predicted molar refractivity (Wildman–Crippen MR) is 80.4 cm³/mol. The molecule has 1 fully saturated rings. The highest BCUT2D eigenvalue weighted by atomic mass is 19.4. The van der Waals surface area contributed by atoms with Crippen LogP contribution in [0, 0.1) is 5.82 Å². The van der Waals surface area contributed by atoms with Crippen molar-refractivity contribution in [1.29, 1.82) is 0 Å². The van der Waals surface area contributed by atoms with Crippen LogP contribution in [0.1, 0.15) is 24.7 Å². The molecular formula is C16H16F4N2O3. The van der Waals surface area contributed by atoms with Crippen molar-refractivity contribution in [2.45, 2.75) is 24.9 Å². The number of nitrogens with one attached hydrogen (secondary N) is 1. The standard InChI is InChI=1S/C14H15FN2O.C2HF3O2/c15-12-5-3-10(4-6-12)13-9-17-14(18-13)11-2-1-7-16-8-11;3-2(4,5)1(6)7/h3-6,9,11,16H,1-2,7-8H2;(H,6,7). The number of alkyl halides is 3. The second-order valence-corrected chi connectivity index (χ2v) is 5.42. The largest absolute Gasteiger partial charge is 0.490 e. The SMILES string of the molecule is Fc1ccc(-c2cnc(C3CCCNC3)o2)cc1.O=C(O)C(F)(F)F. The van der Waals surface area contributed by atoms with Crippen molar-refractivity contribution < 1.29 is 31.9 Å². The van der Waals surface area contributed by atoms with Gasteiger partial charge in [0.1, 0.15) is 5.82 Å².